The van der Waals surface area contributed by atoms with Crippen LogP contribution in [0.2, 0.25) is 0 Å². The molecule has 1 heterocycles. The SMILES string of the molecule is O=S(=O)(Nc1cccc2ccncc12)c1ccccc1F. The fourth-order valence-corrected chi connectivity index (χ4v) is 3.22. The van der Waals surface area contributed by atoms with Crippen molar-refractivity contribution < 1.29 is 12.8 Å². The number of sulfonamides is 1. The highest BCUT2D eigenvalue weighted by molar-refractivity contribution is 7.92. The second-order valence-electron chi connectivity index (χ2n) is 4.44. The van der Waals surface area contributed by atoms with E-state index in [0.717, 1.165) is 11.5 Å². The molecule has 6 heteroatoms. The quantitative estimate of drug-likeness (QED) is 0.808. The summed E-state index contributed by atoms with van der Waals surface area (Å²) in [6, 6.07) is 12.2. The van der Waals surface area contributed by atoms with E-state index in [4.69, 9.17) is 0 Å². The number of benzene rings is 2. The Morgan fingerprint density at radius 3 is 2.62 bits per heavy atom. The molecule has 0 spiro atoms. The van der Waals surface area contributed by atoms with Crippen LogP contribution in [0, 0.1) is 5.82 Å². The summed E-state index contributed by atoms with van der Waals surface area (Å²) < 4.78 is 40.7. The molecule has 2 aromatic carbocycles. The van der Waals surface area contributed by atoms with E-state index in [9.17, 15) is 12.8 Å². The molecule has 0 aliphatic carbocycles. The Hall–Kier alpha value is -2.47. The van der Waals surface area contributed by atoms with Gasteiger partial charge in [0.2, 0.25) is 0 Å². The standard InChI is InChI=1S/C15H11FN2O2S/c16-13-5-1-2-7-15(13)21(19,20)18-14-6-3-4-11-8-9-17-10-12(11)14/h1-10,18H. The van der Waals surface area contributed by atoms with Crippen molar-refractivity contribution >= 4 is 26.5 Å². The summed E-state index contributed by atoms with van der Waals surface area (Å²) in [5, 5.41) is 1.50. The Bertz CT molecular complexity index is 905. The van der Waals surface area contributed by atoms with E-state index in [2.05, 4.69) is 9.71 Å². The first kappa shape index (κ1) is 13.5. The van der Waals surface area contributed by atoms with Crippen LogP contribution in [0.5, 0.6) is 0 Å². The van der Waals surface area contributed by atoms with Gasteiger partial charge in [0.25, 0.3) is 10.0 Å². The van der Waals surface area contributed by atoms with Crippen molar-refractivity contribution in [1.82, 2.24) is 4.98 Å². The van der Waals surface area contributed by atoms with Gasteiger partial charge in [-0.25, -0.2) is 12.8 Å². The lowest BCUT2D eigenvalue weighted by Gasteiger charge is -2.11. The van der Waals surface area contributed by atoms with E-state index in [1.54, 1.807) is 30.6 Å². The summed E-state index contributed by atoms with van der Waals surface area (Å²) in [7, 11) is -3.99. The maximum absolute atomic E-state index is 13.7. The molecule has 0 amide bonds. The van der Waals surface area contributed by atoms with E-state index in [-0.39, 0.29) is 4.90 Å². The Morgan fingerprint density at radius 1 is 1.00 bits per heavy atom. The number of pyridine rings is 1. The maximum Gasteiger partial charge on any atom is 0.264 e. The number of anilines is 1. The summed E-state index contributed by atoms with van der Waals surface area (Å²) in [6.45, 7) is 0. The zero-order chi connectivity index (χ0) is 14.9. The minimum Gasteiger partial charge on any atom is -0.279 e. The van der Waals surface area contributed by atoms with Crippen molar-refractivity contribution in [2.45, 2.75) is 4.90 Å². The second kappa shape index (κ2) is 5.14. The van der Waals surface area contributed by atoms with Crippen LogP contribution in [0.15, 0.2) is 65.8 Å². The van der Waals surface area contributed by atoms with Crippen molar-refractivity contribution in [1.29, 1.82) is 0 Å². The summed E-state index contributed by atoms with van der Waals surface area (Å²) in [5.41, 5.74) is 0.365. The summed E-state index contributed by atoms with van der Waals surface area (Å²) in [6.07, 6.45) is 3.19. The van der Waals surface area contributed by atoms with Gasteiger partial charge in [0.05, 0.1) is 5.69 Å². The molecule has 0 fully saturated rings. The fourth-order valence-electron chi connectivity index (χ4n) is 2.06. The normalized spacial score (nSPS) is 11.5. The van der Waals surface area contributed by atoms with Gasteiger partial charge in [0.1, 0.15) is 10.7 Å². The van der Waals surface area contributed by atoms with E-state index in [0.29, 0.717) is 11.1 Å². The third-order valence-corrected chi connectivity index (χ3v) is 4.45. The van der Waals surface area contributed by atoms with Crippen molar-refractivity contribution in [2.24, 2.45) is 0 Å². The van der Waals surface area contributed by atoms with Gasteiger partial charge in [-0.05, 0) is 29.7 Å². The van der Waals surface area contributed by atoms with Gasteiger partial charge in [-0.15, -0.1) is 0 Å². The van der Waals surface area contributed by atoms with Gasteiger partial charge in [-0.3, -0.25) is 9.71 Å². The third-order valence-electron chi connectivity index (χ3n) is 3.05. The van der Waals surface area contributed by atoms with Gasteiger partial charge in [-0.2, -0.15) is 0 Å². The molecule has 4 nitrogen and oxygen atoms in total. The fraction of sp³-hybridized carbons (Fsp3) is 0. The second-order valence-corrected chi connectivity index (χ2v) is 6.09. The summed E-state index contributed by atoms with van der Waals surface area (Å²) in [4.78, 5) is 3.60. The first-order chi connectivity index (χ1) is 10.1. The number of fused-ring (bicyclic) bond motifs is 1. The van der Waals surface area contributed by atoms with Crippen LogP contribution in [-0.4, -0.2) is 13.4 Å². The maximum atomic E-state index is 13.7. The smallest absolute Gasteiger partial charge is 0.264 e. The van der Waals surface area contributed by atoms with Gasteiger partial charge in [-0.1, -0.05) is 24.3 Å². The number of rotatable bonds is 3. The molecule has 0 unspecified atom stereocenters. The van der Waals surface area contributed by atoms with Crippen LogP contribution in [0.4, 0.5) is 10.1 Å². The third kappa shape index (κ3) is 2.57. The average molecular weight is 302 g/mol. The van der Waals surface area contributed by atoms with Crippen LogP contribution in [0.1, 0.15) is 0 Å². The zero-order valence-corrected chi connectivity index (χ0v) is 11.6. The highest BCUT2D eigenvalue weighted by Gasteiger charge is 2.19. The van der Waals surface area contributed by atoms with Gasteiger partial charge in [0, 0.05) is 17.8 Å². The van der Waals surface area contributed by atoms with Crippen LogP contribution < -0.4 is 4.72 Å². The molecule has 106 valence electrons. The molecule has 1 aromatic heterocycles. The minimum atomic E-state index is -3.99. The van der Waals surface area contributed by atoms with Crippen molar-refractivity contribution in [3.63, 3.8) is 0 Å². The van der Waals surface area contributed by atoms with Gasteiger partial charge >= 0.3 is 0 Å². The van der Waals surface area contributed by atoms with Crippen molar-refractivity contribution in [2.75, 3.05) is 4.72 Å². The number of hydrogen-bond acceptors (Lipinski definition) is 3. The molecule has 3 rings (SSSR count). The Kier molecular flexibility index (Phi) is 3.31. The molecule has 0 saturated heterocycles. The zero-order valence-electron chi connectivity index (χ0n) is 10.8. The molecule has 0 radical (unpaired) electrons. The van der Waals surface area contributed by atoms with E-state index < -0.39 is 15.8 Å². The van der Waals surface area contributed by atoms with Crippen LogP contribution in [0.3, 0.4) is 0 Å². The first-order valence-electron chi connectivity index (χ1n) is 6.18. The van der Waals surface area contributed by atoms with E-state index in [1.165, 1.54) is 18.2 Å². The first-order valence-corrected chi connectivity index (χ1v) is 7.66. The van der Waals surface area contributed by atoms with Crippen molar-refractivity contribution in [3.8, 4) is 0 Å². The lowest BCUT2D eigenvalue weighted by molar-refractivity contribution is 0.570. The molecule has 0 atom stereocenters. The van der Waals surface area contributed by atoms with Crippen LogP contribution in [0.25, 0.3) is 10.8 Å². The molecule has 0 bridgehead atoms. The Labute approximate surface area is 121 Å². The van der Waals surface area contributed by atoms with Crippen LogP contribution in [-0.2, 0) is 10.0 Å². The lowest BCUT2D eigenvalue weighted by Crippen LogP contribution is -2.14. The van der Waals surface area contributed by atoms with Gasteiger partial charge in [0.15, 0.2) is 0 Å². The highest BCUT2D eigenvalue weighted by Crippen LogP contribution is 2.25. The molecule has 0 aliphatic heterocycles. The molecule has 0 aliphatic rings. The summed E-state index contributed by atoms with van der Waals surface area (Å²) >= 11 is 0. The number of hydrogen-bond donors (Lipinski definition) is 1. The Morgan fingerprint density at radius 2 is 1.81 bits per heavy atom. The molecule has 0 saturated carbocycles. The predicted octanol–water partition coefficient (Wildman–Crippen LogP) is 3.17. The molecule has 21 heavy (non-hydrogen) atoms. The minimum absolute atomic E-state index is 0.365. The number of halogens is 1. The summed E-state index contributed by atoms with van der Waals surface area (Å²) in [5.74, 6) is -0.789. The molecule has 3 aromatic rings. The van der Waals surface area contributed by atoms with Crippen LogP contribution >= 0.6 is 0 Å². The molecular weight excluding hydrogens is 291 g/mol. The average Bonchev–Trinajstić information content (AvgIpc) is 2.47. The van der Waals surface area contributed by atoms with E-state index >= 15 is 0 Å². The number of nitrogens with zero attached hydrogens (tertiary/aromatic N) is 1. The lowest BCUT2D eigenvalue weighted by atomic mass is 10.1. The van der Waals surface area contributed by atoms with Crippen molar-refractivity contribution in [3.05, 3.63) is 66.7 Å². The monoisotopic (exact) mass is 302 g/mol. The number of aromatic nitrogens is 1. The predicted molar refractivity (Wildman–Crippen MR) is 79.0 cm³/mol. The highest BCUT2D eigenvalue weighted by atomic mass is 32.2. The van der Waals surface area contributed by atoms with E-state index in [1.807, 2.05) is 6.07 Å². The van der Waals surface area contributed by atoms with Gasteiger partial charge < -0.3 is 0 Å². The number of nitrogens with one attached hydrogen (secondary N) is 1. The largest absolute Gasteiger partial charge is 0.279 e. The Balaban J connectivity index is 2.08. The molecular formula is C15H11FN2O2S. The molecule has 1 N–H and O–H groups in total. The topological polar surface area (TPSA) is 59.1 Å².